The standard InChI is InChI=1S/C81H59N3S/c1-80(2)71-46-54(34-39-63(71)67-41-32-51-20-13-15-27-61(51)77(67)80)75-66-44-38-60(84(57-25-9-6-10-26-57)79-82-73-29-17-18-30-74(73)85-79)49-70(66)76(55-35-40-64-68-42-33-52-21-14-16-28-62(52)78(68)81(3,4)72(64)47-55)65-43-37-59(48-69(65)75)83(56-23-7-5-8-24-56)58-36-31-50-19-11-12-22-53(50)45-58/h5-49,67,77H,1-4H3. The number of hydrogen-bond donors (Lipinski definition) is 0. The molecule has 0 fully saturated rings. The zero-order valence-electron chi connectivity index (χ0n) is 47.9. The highest BCUT2D eigenvalue weighted by molar-refractivity contribution is 7.22. The third-order valence-electron chi connectivity index (χ3n) is 19.3. The van der Waals surface area contributed by atoms with Crippen molar-refractivity contribution in [3.63, 3.8) is 0 Å². The molecule has 0 amide bonds. The fourth-order valence-corrected chi connectivity index (χ4v) is 16.4. The molecule has 404 valence electrons. The van der Waals surface area contributed by atoms with Crippen molar-refractivity contribution in [1.29, 1.82) is 0 Å². The molecule has 4 heteroatoms. The van der Waals surface area contributed by atoms with E-state index in [4.69, 9.17) is 4.98 Å². The number of rotatable bonds is 8. The van der Waals surface area contributed by atoms with Gasteiger partial charge < -0.3 is 4.90 Å². The average Bonchev–Trinajstić information content (AvgIpc) is 1.87. The van der Waals surface area contributed by atoms with E-state index in [0.717, 1.165) is 43.8 Å². The van der Waals surface area contributed by atoms with Gasteiger partial charge in [-0.3, -0.25) is 4.90 Å². The predicted molar refractivity (Wildman–Crippen MR) is 361 cm³/mol. The van der Waals surface area contributed by atoms with E-state index in [9.17, 15) is 0 Å². The van der Waals surface area contributed by atoms with E-state index in [2.05, 4.69) is 311 Å². The van der Waals surface area contributed by atoms with E-state index in [1.807, 2.05) is 0 Å². The van der Waals surface area contributed by atoms with Crippen molar-refractivity contribution in [2.75, 3.05) is 9.80 Å². The van der Waals surface area contributed by atoms with Gasteiger partial charge in [0, 0.05) is 45.7 Å². The van der Waals surface area contributed by atoms with Gasteiger partial charge in [0.15, 0.2) is 5.13 Å². The molecular weight excluding hydrogens is 1050 g/mol. The Morgan fingerprint density at radius 2 is 0.976 bits per heavy atom. The molecule has 85 heavy (non-hydrogen) atoms. The van der Waals surface area contributed by atoms with Crippen LogP contribution in [0.2, 0.25) is 0 Å². The van der Waals surface area contributed by atoms with Gasteiger partial charge in [-0.15, -0.1) is 0 Å². The lowest BCUT2D eigenvalue weighted by Gasteiger charge is -2.34. The number of anilines is 6. The maximum Gasteiger partial charge on any atom is 0.195 e. The summed E-state index contributed by atoms with van der Waals surface area (Å²) in [4.78, 5) is 10.2. The molecule has 0 aliphatic heterocycles. The van der Waals surface area contributed by atoms with E-state index in [-0.39, 0.29) is 10.8 Å². The molecule has 17 rings (SSSR count). The Morgan fingerprint density at radius 3 is 1.73 bits per heavy atom. The summed E-state index contributed by atoms with van der Waals surface area (Å²) in [6.07, 6.45) is 4.83. The smallest absolute Gasteiger partial charge is 0.195 e. The lowest BCUT2D eigenvalue weighted by molar-refractivity contribution is 0.424. The largest absolute Gasteiger partial charge is 0.310 e. The molecule has 14 aromatic rings. The Bertz CT molecular complexity index is 5070. The van der Waals surface area contributed by atoms with E-state index in [1.54, 1.807) is 11.3 Å². The molecule has 0 saturated heterocycles. The van der Waals surface area contributed by atoms with Gasteiger partial charge in [-0.2, -0.15) is 0 Å². The molecule has 0 saturated carbocycles. The van der Waals surface area contributed by atoms with Gasteiger partial charge in [0.2, 0.25) is 0 Å². The number of fused-ring (bicyclic) bond motifs is 14. The van der Waals surface area contributed by atoms with Crippen molar-refractivity contribution in [2.24, 2.45) is 0 Å². The normalized spacial score (nSPS) is 15.9. The third kappa shape index (κ3) is 7.61. The van der Waals surface area contributed by atoms with E-state index >= 15 is 0 Å². The van der Waals surface area contributed by atoms with E-state index < -0.39 is 0 Å². The van der Waals surface area contributed by atoms with Gasteiger partial charge >= 0.3 is 0 Å². The van der Waals surface area contributed by atoms with Crippen LogP contribution >= 0.6 is 11.3 Å². The zero-order chi connectivity index (χ0) is 56.7. The number of nitrogens with zero attached hydrogens (tertiary/aromatic N) is 3. The van der Waals surface area contributed by atoms with Gasteiger partial charge in [0.05, 0.1) is 10.2 Å². The van der Waals surface area contributed by atoms with Crippen molar-refractivity contribution in [3.8, 4) is 33.4 Å². The first-order chi connectivity index (χ1) is 41.7. The number of allylic oxidation sites excluding steroid dienone is 1. The second kappa shape index (κ2) is 18.8. The van der Waals surface area contributed by atoms with Crippen LogP contribution in [0.15, 0.2) is 267 Å². The summed E-state index contributed by atoms with van der Waals surface area (Å²) in [7, 11) is 0. The van der Waals surface area contributed by atoms with Crippen LogP contribution in [0.1, 0.15) is 72.9 Å². The molecule has 2 atom stereocenters. The van der Waals surface area contributed by atoms with Crippen molar-refractivity contribution in [2.45, 2.75) is 50.4 Å². The topological polar surface area (TPSA) is 19.4 Å². The number of para-hydroxylation sites is 3. The Labute approximate surface area is 500 Å². The van der Waals surface area contributed by atoms with Gasteiger partial charge in [-0.05, 0) is 194 Å². The summed E-state index contributed by atoms with van der Waals surface area (Å²) >= 11 is 1.73. The van der Waals surface area contributed by atoms with Crippen LogP contribution in [0, 0.1) is 0 Å². The summed E-state index contributed by atoms with van der Waals surface area (Å²) in [5, 5.41) is 10.7. The molecule has 0 N–H and O–H groups in total. The summed E-state index contributed by atoms with van der Waals surface area (Å²) in [5.41, 5.74) is 21.8. The Hall–Kier alpha value is -9.87. The molecule has 0 spiro atoms. The van der Waals surface area contributed by atoms with Gasteiger partial charge in [-0.25, -0.2) is 4.98 Å². The molecule has 3 aliphatic rings. The summed E-state index contributed by atoms with van der Waals surface area (Å²) in [6.45, 7) is 9.83. The van der Waals surface area contributed by atoms with Gasteiger partial charge in [0.25, 0.3) is 0 Å². The lowest BCUT2D eigenvalue weighted by atomic mass is 9.69. The van der Waals surface area contributed by atoms with Crippen LogP contribution in [0.4, 0.5) is 33.6 Å². The molecule has 13 aromatic carbocycles. The van der Waals surface area contributed by atoms with Gasteiger partial charge in [0.1, 0.15) is 0 Å². The summed E-state index contributed by atoms with van der Waals surface area (Å²) in [6, 6.07) is 97.8. The molecule has 0 radical (unpaired) electrons. The number of benzene rings is 13. The molecule has 1 aromatic heterocycles. The van der Waals surface area contributed by atoms with E-state index in [1.165, 1.54) is 110 Å². The van der Waals surface area contributed by atoms with Crippen molar-refractivity contribution in [3.05, 3.63) is 300 Å². The fourth-order valence-electron chi connectivity index (χ4n) is 15.4. The molecule has 1 heterocycles. The van der Waals surface area contributed by atoms with Crippen LogP contribution in [-0.2, 0) is 10.8 Å². The maximum atomic E-state index is 5.36. The minimum absolute atomic E-state index is 0.144. The SMILES string of the molecule is CC1(C)c2cc(-c3c4ccc(N(c5ccccc5)c5ccc6ccccc6c5)cc4c(-c4ccc5c(c4)C(C)(C)C4c6ccccc6C=CC54)c4ccc(N(c5ccccc5)c5nc6ccccc6s5)cc34)ccc2-c2ccc3ccccc3c21. The predicted octanol–water partition coefficient (Wildman–Crippen LogP) is 22.7. The van der Waals surface area contributed by atoms with Crippen LogP contribution in [0.5, 0.6) is 0 Å². The first-order valence-corrected chi connectivity index (χ1v) is 30.6. The zero-order valence-corrected chi connectivity index (χ0v) is 48.7. The molecule has 3 nitrogen and oxygen atoms in total. The van der Waals surface area contributed by atoms with Crippen LogP contribution in [0.3, 0.4) is 0 Å². The number of thiazole rings is 1. The average molecular weight is 1110 g/mol. The second-order valence-corrected chi connectivity index (χ2v) is 25.7. The van der Waals surface area contributed by atoms with Crippen LogP contribution in [0.25, 0.3) is 92.8 Å². The van der Waals surface area contributed by atoms with Gasteiger partial charge in [-0.1, -0.05) is 233 Å². The van der Waals surface area contributed by atoms with Crippen LogP contribution < -0.4 is 9.80 Å². The second-order valence-electron chi connectivity index (χ2n) is 24.7. The molecule has 3 aliphatic carbocycles. The fraction of sp³-hybridized carbons (Fsp3) is 0.0988. The first kappa shape index (κ1) is 49.7. The summed E-state index contributed by atoms with van der Waals surface area (Å²) in [5.74, 6) is 0.616. The summed E-state index contributed by atoms with van der Waals surface area (Å²) < 4.78 is 1.16. The minimum Gasteiger partial charge on any atom is -0.310 e. The first-order valence-electron chi connectivity index (χ1n) is 29.8. The molecule has 0 bridgehead atoms. The quantitative estimate of drug-likeness (QED) is 0.141. The van der Waals surface area contributed by atoms with E-state index in [0.29, 0.717) is 11.8 Å². The monoisotopic (exact) mass is 1110 g/mol. The van der Waals surface area contributed by atoms with Crippen molar-refractivity contribution < 1.29 is 0 Å². The Balaban J connectivity index is 0.970. The molecule has 2 unspecified atom stereocenters. The number of hydrogen-bond acceptors (Lipinski definition) is 4. The number of aromatic nitrogens is 1. The Morgan fingerprint density at radius 1 is 0.400 bits per heavy atom. The third-order valence-corrected chi connectivity index (χ3v) is 20.3. The Kier molecular flexibility index (Phi) is 11.0. The highest BCUT2D eigenvalue weighted by atomic mass is 32.1. The van der Waals surface area contributed by atoms with Crippen molar-refractivity contribution in [1.82, 2.24) is 4.98 Å². The van der Waals surface area contributed by atoms with Crippen molar-refractivity contribution >= 4 is 104 Å². The maximum absolute atomic E-state index is 5.36. The lowest BCUT2D eigenvalue weighted by Crippen LogP contribution is -2.25. The molecular formula is C81H59N3S. The highest BCUT2D eigenvalue weighted by Gasteiger charge is 2.48. The van der Waals surface area contributed by atoms with Crippen LogP contribution in [-0.4, -0.2) is 4.98 Å². The minimum atomic E-state index is -0.261. The highest BCUT2D eigenvalue weighted by Crippen LogP contribution is 2.60.